The Hall–Kier alpha value is -2.78. The van der Waals surface area contributed by atoms with Gasteiger partial charge in [-0.05, 0) is 19.1 Å². The maximum Gasteiger partial charge on any atom is 0.289 e. The number of carbonyl (C=O) groups is 1. The lowest BCUT2D eigenvalue weighted by Gasteiger charge is -2.26. The number of benzene rings is 2. The number of nitrogens with zero attached hydrogens (tertiary/aromatic N) is 1. The second-order valence-electron chi connectivity index (χ2n) is 5.35. The normalized spacial score (nSPS) is 13.7. The predicted octanol–water partition coefficient (Wildman–Crippen LogP) is 2.00. The Balaban J connectivity index is 2.55. The molecule has 0 amide bonds. The van der Waals surface area contributed by atoms with Crippen LogP contribution in [0.25, 0.3) is 0 Å². The summed E-state index contributed by atoms with van der Waals surface area (Å²) in [4.78, 5) is 21.5. The minimum Gasteiger partial charge on any atom is -0.496 e. The molecule has 2 aromatic carbocycles. The van der Waals surface area contributed by atoms with Gasteiger partial charge in [-0.2, -0.15) is 4.72 Å². The zero-order valence-electron chi connectivity index (χ0n) is 13.5. The third-order valence-corrected chi connectivity index (χ3v) is 5.22. The van der Waals surface area contributed by atoms with Crippen LogP contribution < -0.4 is 9.46 Å². The number of aldehydes is 1. The first-order valence-electron chi connectivity index (χ1n) is 7.12. The summed E-state index contributed by atoms with van der Waals surface area (Å²) in [7, 11) is -2.97. The highest BCUT2D eigenvalue weighted by Gasteiger charge is 2.37. The summed E-state index contributed by atoms with van der Waals surface area (Å²) in [6, 6.07) is 11.3. The maximum atomic E-state index is 12.7. The van der Waals surface area contributed by atoms with Crippen LogP contribution in [0.4, 0.5) is 5.69 Å². The zero-order valence-corrected chi connectivity index (χ0v) is 14.3. The molecule has 9 heteroatoms. The van der Waals surface area contributed by atoms with Crippen LogP contribution >= 0.6 is 0 Å². The Morgan fingerprint density at radius 2 is 1.76 bits per heavy atom. The third kappa shape index (κ3) is 3.67. The molecule has 0 bridgehead atoms. The topological polar surface area (TPSA) is 116 Å². The molecule has 132 valence electrons. The van der Waals surface area contributed by atoms with E-state index in [1.807, 2.05) is 0 Å². The molecule has 0 aliphatic heterocycles. The van der Waals surface area contributed by atoms with Gasteiger partial charge >= 0.3 is 0 Å². The number of rotatable bonds is 7. The van der Waals surface area contributed by atoms with Crippen molar-refractivity contribution in [2.24, 2.45) is 0 Å². The van der Waals surface area contributed by atoms with E-state index >= 15 is 0 Å². The fourth-order valence-corrected chi connectivity index (χ4v) is 3.89. The van der Waals surface area contributed by atoms with E-state index < -0.39 is 31.1 Å². The Morgan fingerprint density at radius 1 is 1.16 bits per heavy atom. The molecule has 8 nitrogen and oxygen atoms in total. The SMILES string of the molecule is COc1ccccc1[C@@](C)(C=O)NS(=O)(=O)c1ccccc1[N+](=O)[O-]. The maximum absolute atomic E-state index is 12.7. The number of nitro groups is 1. The minimum atomic E-state index is -4.36. The van der Waals surface area contributed by atoms with Crippen molar-refractivity contribution in [3.8, 4) is 5.75 Å². The molecular formula is C16H16N2O6S. The van der Waals surface area contributed by atoms with Gasteiger partial charge < -0.3 is 9.53 Å². The summed E-state index contributed by atoms with van der Waals surface area (Å²) < 4.78 is 32.8. The molecular weight excluding hydrogens is 348 g/mol. The highest BCUT2D eigenvalue weighted by Crippen LogP contribution is 2.31. The summed E-state index contributed by atoms with van der Waals surface area (Å²) in [5.41, 5.74) is -1.97. The van der Waals surface area contributed by atoms with Gasteiger partial charge in [0.1, 0.15) is 17.6 Å². The first-order chi connectivity index (χ1) is 11.7. The Bertz CT molecular complexity index is 912. The average Bonchev–Trinajstić information content (AvgIpc) is 2.61. The average molecular weight is 364 g/mol. The van der Waals surface area contributed by atoms with Crippen LogP contribution in [-0.2, 0) is 20.4 Å². The van der Waals surface area contributed by atoms with Gasteiger partial charge in [-0.3, -0.25) is 10.1 Å². The van der Waals surface area contributed by atoms with E-state index in [0.717, 1.165) is 12.1 Å². The summed E-state index contributed by atoms with van der Waals surface area (Å²) in [5.74, 6) is 0.308. The van der Waals surface area contributed by atoms with Gasteiger partial charge in [-0.1, -0.05) is 30.3 Å². The molecule has 1 N–H and O–H groups in total. The van der Waals surface area contributed by atoms with Crippen molar-refractivity contribution in [3.05, 3.63) is 64.2 Å². The molecule has 0 unspecified atom stereocenters. The molecule has 2 aromatic rings. The van der Waals surface area contributed by atoms with E-state index in [9.17, 15) is 23.3 Å². The van der Waals surface area contributed by atoms with E-state index in [4.69, 9.17) is 4.74 Å². The van der Waals surface area contributed by atoms with Gasteiger partial charge in [0.2, 0.25) is 10.0 Å². The molecule has 0 aromatic heterocycles. The van der Waals surface area contributed by atoms with Gasteiger partial charge in [-0.25, -0.2) is 8.42 Å². The number of methoxy groups -OCH3 is 1. The third-order valence-electron chi connectivity index (χ3n) is 3.60. The number of nitrogens with one attached hydrogen (secondary N) is 1. The number of carbonyl (C=O) groups excluding carboxylic acids is 1. The van der Waals surface area contributed by atoms with Crippen molar-refractivity contribution in [2.45, 2.75) is 17.4 Å². The molecule has 0 aliphatic carbocycles. The van der Waals surface area contributed by atoms with Crippen molar-refractivity contribution >= 4 is 22.0 Å². The second-order valence-corrected chi connectivity index (χ2v) is 7.00. The van der Waals surface area contributed by atoms with Gasteiger partial charge in [0.15, 0.2) is 4.90 Å². The minimum absolute atomic E-state index is 0.287. The molecule has 0 radical (unpaired) electrons. The van der Waals surface area contributed by atoms with E-state index in [-0.39, 0.29) is 5.56 Å². The number of nitro benzene ring substituents is 1. The highest BCUT2D eigenvalue weighted by molar-refractivity contribution is 7.89. The fourth-order valence-electron chi connectivity index (χ4n) is 2.39. The summed E-state index contributed by atoms with van der Waals surface area (Å²) >= 11 is 0. The second kappa shape index (κ2) is 6.99. The first kappa shape index (κ1) is 18.6. The monoisotopic (exact) mass is 364 g/mol. The van der Waals surface area contributed by atoms with Crippen molar-refractivity contribution in [2.75, 3.05) is 7.11 Å². The molecule has 0 fully saturated rings. The number of hydrogen-bond acceptors (Lipinski definition) is 6. The van der Waals surface area contributed by atoms with Crippen LogP contribution in [0, 0.1) is 10.1 Å². The lowest BCUT2D eigenvalue weighted by molar-refractivity contribution is -0.387. The van der Waals surface area contributed by atoms with Crippen molar-refractivity contribution in [1.29, 1.82) is 0 Å². The molecule has 25 heavy (non-hydrogen) atoms. The van der Waals surface area contributed by atoms with E-state index in [0.29, 0.717) is 12.0 Å². The summed E-state index contributed by atoms with van der Waals surface area (Å²) in [6.45, 7) is 1.35. The smallest absolute Gasteiger partial charge is 0.289 e. The fraction of sp³-hybridized carbons (Fsp3) is 0.188. The predicted molar refractivity (Wildman–Crippen MR) is 89.8 cm³/mol. The van der Waals surface area contributed by atoms with Crippen molar-refractivity contribution < 1.29 is 22.9 Å². The van der Waals surface area contributed by atoms with E-state index in [2.05, 4.69) is 4.72 Å². The van der Waals surface area contributed by atoms with Gasteiger partial charge in [0, 0.05) is 11.6 Å². The lowest BCUT2D eigenvalue weighted by Crippen LogP contribution is -2.45. The quantitative estimate of drug-likeness (QED) is 0.456. The van der Waals surface area contributed by atoms with Gasteiger partial charge in [0.05, 0.1) is 12.0 Å². The summed E-state index contributed by atoms with van der Waals surface area (Å²) in [6.07, 6.45) is 0.414. The molecule has 0 saturated carbocycles. The van der Waals surface area contributed by atoms with Crippen LogP contribution in [0.1, 0.15) is 12.5 Å². The van der Waals surface area contributed by atoms with E-state index in [1.165, 1.54) is 32.2 Å². The zero-order chi connectivity index (χ0) is 18.7. The molecule has 0 spiro atoms. The summed E-state index contributed by atoms with van der Waals surface area (Å²) in [5, 5.41) is 11.1. The number of para-hydroxylation sites is 2. The standard InChI is InChI=1S/C16H16N2O6S/c1-16(11-19,12-7-3-5-9-14(12)24-2)17-25(22,23)15-10-6-4-8-13(15)18(20)21/h3-11,17H,1-2H3/t16-/m1/s1. The van der Waals surface area contributed by atoms with Gasteiger partial charge in [0.25, 0.3) is 5.69 Å². The highest BCUT2D eigenvalue weighted by atomic mass is 32.2. The Labute approximate surface area is 144 Å². The molecule has 0 saturated heterocycles. The Morgan fingerprint density at radius 3 is 2.36 bits per heavy atom. The van der Waals surface area contributed by atoms with E-state index in [1.54, 1.807) is 18.2 Å². The number of sulfonamides is 1. The molecule has 0 heterocycles. The molecule has 0 aliphatic rings. The van der Waals surface area contributed by atoms with Crippen LogP contribution in [0.5, 0.6) is 5.75 Å². The lowest BCUT2D eigenvalue weighted by atomic mass is 9.94. The Kier molecular flexibility index (Phi) is 5.19. The largest absolute Gasteiger partial charge is 0.496 e. The van der Waals surface area contributed by atoms with Crippen LogP contribution in [-0.4, -0.2) is 26.7 Å². The first-order valence-corrected chi connectivity index (χ1v) is 8.60. The van der Waals surface area contributed by atoms with Gasteiger partial charge in [-0.15, -0.1) is 0 Å². The molecule has 1 atom stereocenters. The van der Waals surface area contributed by atoms with Crippen LogP contribution in [0.15, 0.2) is 53.4 Å². The molecule has 2 rings (SSSR count). The van der Waals surface area contributed by atoms with Crippen LogP contribution in [0.3, 0.4) is 0 Å². The number of ether oxygens (including phenoxy) is 1. The van der Waals surface area contributed by atoms with Crippen LogP contribution in [0.2, 0.25) is 0 Å². The van der Waals surface area contributed by atoms with Crippen molar-refractivity contribution in [3.63, 3.8) is 0 Å². The van der Waals surface area contributed by atoms with Crippen molar-refractivity contribution in [1.82, 2.24) is 4.72 Å². The number of hydrogen-bond donors (Lipinski definition) is 1.